The van der Waals surface area contributed by atoms with Crippen molar-refractivity contribution in [2.45, 2.75) is 85.2 Å². The van der Waals surface area contributed by atoms with Crippen molar-refractivity contribution >= 4 is 5.97 Å². The minimum atomic E-state index is -0.312. The zero-order chi connectivity index (χ0) is 16.6. The fourth-order valence-electron chi connectivity index (χ4n) is 5.98. The number of hydrogen-bond acceptors (Lipinski definition) is 2. The lowest BCUT2D eigenvalue weighted by atomic mass is 9.45. The first-order chi connectivity index (χ1) is 10.2. The minimum absolute atomic E-state index is 0.136. The number of allylic oxidation sites excluding steroid dienone is 1. The third-order valence-electron chi connectivity index (χ3n) is 6.77. The van der Waals surface area contributed by atoms with E-state index in [1.165, 1.54) is 25.7 Å². The van der Waals surface area contributed by atoms with Gasteiger partial charge in [-0.3, -0.25) is 4.79 Å². The van der Waals surface area contributed by atoms with E-state index in [1.54, 1.807) is 6.92 Å². The predicted molar refractivity (Wildman–Crippen MR) is 91.6 cm³/mol. The Balaban J connectivity index is 2.38. The molecule has 0 aromatic carbocycles. The Bertz CT molecular complexity index is 439. The molecular formula is C20H34O2. The Morgan fingerprint density at radius 3 is 2.50 bits per heavy atom. The lowest BCUT2D eigenvalue weighted by molar-refractivity contribution is -0.199. The van der Waals surface area contributed by atoms with Gasteiger partial charge in [-0.25, -0.2) is 0 Å². The van der Waals surface area contributed by atoms with Crippen molar-refractivity contribution in [3.8, 4) is 0 Å². The Morgan fingerprint density at radius 1 is 1.23 bits per heavy atom. The number of fused-ring (bicyclic) bond motifs is 1. The Labute approximate surface area is 136 Å². The van der Waals surface area contributed by atoms with E-state index >= 15 is 0 Å². The molecule has 2 aliphatic carbocycles. The Kier molecular flexibility index (Phi) is 4.80. The second-order valence-electron chi connectivity index (χ2n) is 8.76. The van der Waals surface area contributed by atoms with E-state index in [-0.39, 0.29) is 17.0 Å². The second kappa shape index (κ2) is 6.02. The van der Waals surface area contributed by atoms with Crippen molar-refractivity contribution in [2.75, 3.05) is 0 Å². The van der Waals surface area contributed by atoms with Gasteiger partial charge in [0, 0.05) is 12.8 Å². The first kappa shape index (κ1) is 17.6. The number of esters is 1. The Morgan fingerprint density at radius 2 is 1.91 bits per heavy atom. The maximum Gasteiger partial charge on any atom is 0.303 e. The molecule has 2 heteroatoms. The summed E-state index contributed by atoms with van der Waals surface area (Å²) in [6.07, 6.45) is 10.2. The van der Waals surface area contributed by atoms with Crippen LogP contribution in [0.2, 0.25) is 0 Å². The molecule has 2 nitrogen and oxygen atoms in total. The van der Waals surface area contributed by atoms with Crippen molar-refractivity contribution in [3.05, 3.63) is 12.7 Å². The maximum atomic E-state index is 11.7. The van der Waals surface area contributed by atoms with Crippen molar-refractivity contribution in [2.24, 2.45) is 22.7 Å². The van der Waals surface area contributed by atoms with Crippen LogP contribution in [0.4, 0.5) is 0 Å². The van der Waals surface area contributed by atoms with Gasteiger partial charge in [0.15, 0.2) is 0 Å². The van der Waals surface area contributed by atoms with Gasteiger partial charge in [-0.15, -0.1) is 6.58 Å². The average Bonchev–Trinajstić information content (AvgIpc) is 2.35. The average molecular weight is 306 g/mol. The summed E-state index contributed by atoms with van der Waals surface area (Å²) in [6, 6.07) is 0. The summed E-state index contributed by atoms with van der Waals surface area (Å²) >= 11 is 0. The fourth-order valence-corrected chi connectivity index (χ4v) is 5.98. The topological polar surface area (TPSA) is 26.3 Å². The quantitative estimate of drug-likeness (QED) is 0.505. The summed E-state index contributed by atoms with van der Waals surface area (Å²) < 4.78 is 5.90. The largest absolute Gasteiger partial charge is 0.459 e. The summed E-state index contributed by atoms with van der Waals surface area (Å²) in [6.45, 7) is 15.0. The number of carbonyl (C=O) groups excluding carboxylic acids is 1. The van der Waals surface area contributed by atoms with Crippen LogP contribution in [0.25, 0.3) is 0 Å². The van der Waals surface area contributed by atoms with Gasteiger partial charge in [0.25, 0.3) is 0 Å². The first-order valence-corrected chi connectivity index (χ1v) is 8.96. The van der Waals surface area contributed by atoms with E-state index < -0.39 is 0 Å². The van der Waals surface area contributed by atoms with Crippen molar-refractivity contribution in [1.82, 2.24) is 0 Å². The van der Waals surface area contributed by atoms with Gasteiger partial charge in [0.05, 0.1) is 0 Å². The van der Waals surface area contributed by atoms with Crippen LogP contribution in [0.1, 0.15) is 79.6 Å². The molecule has 0 aliphatic heterocycles. The number of carbonyl (C=O) groups is 1. The van der Waals surface area contributed by atoms with Crippen LogP contribution in [-0.2, 0) is 9.53 Å². The van der Waals surface area contributed by atoms with Crippen LogP contribution >= 0.6 is 0 Å². The zero-order valence-corrected chi connectivity index (χ0v) is 15.2. The van der Waals surface area contributed by atoms with Crippen LogP contribution in [0.5, 0.6) is 0 Å². The molecule has 4 atom stereocenters. The molecule has 0 aromatic heterocycles. The number of ether oxygens (including phenoxy) is 1. The van der Waals surface area contributed by atoms with E-state index in [0.29, 0.717) is 11.3 Å². The van der Waals surface area contributed by atoms with E-state index in [1.807, 2.05) is 6.08 Å². The minimum Gasteiger partial charge on any atom is -0.459 e. The smallest absolute Gasteiger partial charge is 0.303 e. The monoisotopic (exact) mass is 306 g/mol. The van der Waals surface area contributed by atoms with Gasteiger partial charge >= 0.3 is 5.97 Å². The highest BCUT2D eigenvalue weighted by Gasteiger charge is 2.59. The molecule has 0 bridgehead atoms. The van der Waals surface area contributed by atoms with Crippen LogP contribution in [0, 0.1) is 22.7 Å². The molecule has 2 fully saturated rings. The van der Waals surface area contributed by atoms with E-state index in [9.17, 15) is 4.79 Å². The maximum absolute atomic E-state index is 11.7. The fraction of sp³-hybridized carbons (Fsp3) is 0.850. The molecule has 22 heavy (non-hydrogen) atoms. The lowest BCUT2D eigenvalue weighted by Gasteiger charge is -2.62. The zero-order valence-electron chi connectivity index (χ0n) is 15.2. The molecular weight excluding hydrogens is 272 g/mol. The van der Waals surface area contributed by atoms with Gasteiger partial charge in [0.1, 0.15) is 5.60 Å². The third-order valence-corrected chi connectivity index (χ3v) is 6.77. The SMILES string of the molecule is C=CCC[C@H]1[C@@]2(C)CCCC(C)(C)[C@@H]2CC[C@@]1(C)OC(C)=O. The summed E-state index contributed by atoms with van der Waals surface area (Å²) in [7, 11) is 0. The highest BCUT2D eigenvalue weighted by Crippen LogP contribution is 2.63. The summed E-state index contributed by atoms with van der Waals surface area (Å²) in [5.74, 6) is 1.02. The standard InChI is InChI=1S/C20H34O2/c1-7-8-10-17-19(5)13-9-12-18(3,4)16(19)11-14-20(17,6)22-15(2)21/h7,16-17H,1,8-14H2,2-6H3/t16-,17-,19-,20+/m0/s1. The molecule has 0 unspecified atom stereocenters. The molecule has 126 valence electrons. The van der Waals surface area contributed by atoms with Gasteiger partial charge in [-0.05, 0) is 62.2 Å². The number of hydrogen-bond donors (Lipinski definition) is 0. The van der Waals surface area contributed by atoms with Crippen LogP contribution in [-0.4, -0.2) is 11.6 Å². The third kappa shape index (κ3) is 2.98. The van der Waals surface area contributed by atoms with Crippen LogP contribution in [0.15, 0.2) is 12.7 Å². The lowest BCUT2D eigenvalue weighted by Crippen LogP contribution is -2.58. The molecule has 2 rings (SSSR count). The molecule has 2 saturated carbocycles. The normalized spacial score (nSPS) is 40.6. The van der Waals surface area contributed by atoms with Gasteiger partial charge in [-0.1, -0.05) is 33.3 Å². The first-order valence-electron chi connectivity index (χ1n) is 8.96. The summed E-state index contributed by atoms with van der Waals surface area (Å²) in [5, 5.41) is 0. The Hall–Kier alpha value is -0.790. The van der Waals surface area contributed by atoms with Crippen LogP contribution in [0.3, 0.4) is 0 Å². The van der Waals surface area contributed by atoms with Gasteiger partial charge in [0.2, 0.25) is 0 Å². The molecule has 0 heterocycles. The van der Waals surface area contributed by atoms with Crippen molar-refractivity contribution in [3.63, 3.8) is 0 Å². The molecule has 0 aromatic rings. The second-order valence-corrected chi connectivity index (χ2v) is 8.76. The molecule has 0 N–H and O–H groups in total. The van der Waals surface area contributed by atoms with E-state index in [0.717, 1.165) is 25.2 Å². The predicted octanol–water partition coefficient (Wildman–Crippen LogP) is 5.52. The van der Waals surface area contributed by atoms with Crippen molar-refractivity contribution < 1.29 is 9.53 Å². The summed E-state index contributed by atoms with van der Waals surface area (Å²) in [5.41, 5.74) is 0.359. The van der Waals surface area contributed by atoms with Crippen molar-refractivity contribution in [1.29, 1.82) is 0 Å². The molecule has 2 aliphatic rings. The van der Waals surface area contributed by atoms with Gasteiger partial charge < -0.3 is 4.74 Å². The highest BCUT2D eigenvalue weighted by atomic mass is 16.6. The molecule has 0 amide bonds. The molecule has 0 radical (unpaired) electrons. The molecule has 0 spiro atoms. The number of rotatable bonds is 4. The van der Waals surface area contributed by atoms with Gasteiger partial charge in [-0.2, -0.15) is 0 Å². The van der Waals surface area contributed by atoms with Crippen LogP contribution < -0.4 is 0 Å². The van der Waals surface area contributed by atoms with E-state index in [4.69, 9.17) is 4.74 Å². The highest BCUT2D eigenvalue weighted by molar-refractivity contribution is 5.66. The summed E-state index contributed by atoms with van der Waals surface area (Å²) in [4.78, 5) is 11.7. The van der Waals surface area contributed by atoms with E-state index in [2.05, 4.69) is 34.3 Å². The molecule has 0 saturated heterocycles.